The highest BCUT2D eigenvalue weighted by Crippen LogP contribution is 2.03. The molecule has 2 rings (SSSR count). The maximum Gasteiger partial charge on any atom is 0.426 e. The predicted octanol–water partition coefficient (Wildman–Crippen LogP) is -1.47. The lowest BCUT2D eigenvalue weighted by Crippen LogP contribution is -2.88. The molecule has 1 aromatic heterocycles. The number of hydrogen-bond acceptors (Lipinski definition) is 4. The van der Waals surface area contributed by atoms with Gasteiger partial charge in [-0.25, -0.2) is 25.4 Å². The predicted molar refractivity (Wildman–Crippen MR) is 36.5 cm³/mol. The monoisotopic (exact) mass is 165 g/mol. The minimum Gasteiger partial charge on any atom is -0.266 e. The van der Waals surface area contributed by atoms with Crippen LogP contribution in [0.5, 0.6) is 0 Å². The highest BCUT2D eigenvalue weighted by Gasteiger charge is 2.28. The molecule has 0 saturated carbocycles. The molecule has 0 aliphatic carbocycles. The Morgan fingerprint density at radius 2 is 2.00 bits per heavy atom. The van der Waals surface area contributed by atoms with Gasteiger partial charge < -0.3 is 0 Å². The lowest BCUT2D eigenvalue weighted by molar-refractivity contribution is -0.470. The maximum atomic E-state index is 11.0. The van der Waals surface area contributed by atoms with Crippen LogP contribution in [0.15, 0.2) is 12.4 Å². The van der Waals surface area contributed by atoms with Gasteiger partial charge in [-0.15, -0.1) is 0 Å². The Bertz CT molecular complexity index is 362. The van der Waals surface area contributed by atoms with Crippen LogP contribution in [0, 0.1) is 0 Å². The molecule has 1 aliphatic heterocycles. The van der Waals surface area contributed by atoms with Crippen LogP contribution in [-0.2, 0) is 0 Å². The van der Waals surface area contributed by atoms with E-state index in [1.807, 2.05) is 0 Å². The fourth-order valence-corrected chi connectivity index (χ4v) is 0.961. The Morgan fingerprint density at radius 3 is 2.83 bits per heavy atom. The van der Waals surface area contributed by atoms with Gasteiger partial charge in [-0.2, -0.15) is 0 Å². The van der Waals surface area contributed by atoms with Crippen LogP contribution in [0.3, 0.4) is 0 Å². The van der Waals surface area contributed by atoms with Crippen LogP contribution in [0.25, 0.3) is 0 Å². The van der Waals surface area contributed by atoms with Crippen molar-refractivity contribution in [2.75, 3.05) is 0 Å². The van der Waals surface area contributed by atoms with Gasteiger partial charge in [0.25, 0.3) is 11.7 Å². The van der Waals surface area contributed by atoms with E-state index in [9.17, 15) is 9.59 Å². The number of amides is 3. The lowest BCUT2D eigenvalue weighted by Gasteiger charge is -2.07. The summed E-state index contributed by atoms with van der Waals surface area (Å²) in [6.07, 6.45) is 2.84. The number of fused-ring (bicyclic) bond motifs is 1. The number of quaternary nitrogens is 1. The smallest absolute Gasteiger partial charge is 0.266 e. The molecule has 0 bridgehead atoms. The molecule has 12 heavy (non-hydrogen) atoms. The first-order valence-electron chi connectivity index (χ1n) is 3.28. The van der Waals surface area contributed by atoms with E-state index in [1.165, 1.54) is 17.7 Å². The van der Waals surface area contributed by atoms with E-state index in [0.717, 1.165) is 0 Å². The number of nitrogens with one attached hydrogen (secondary N) is 1. The molecule has 0 aromatic carbocycles. The first-order valence-corrected chi connectivity index (χ1v) is 3.28. The third kappa shape index (κ3) is 0.940. The van der Waals surface area contributed by atoms with Gasteiger partial charge in [-0.1, -0.05) is 0 Å². The van der Waals surface area contributed by atoms with Crippen molar-refractivity contribution in [3.63, 3.8) is 0 Å². The van der Waals surface area contributed by atoms with Crippen LogP contribution < -0.4 is 10.6 Å². The average Bonchev–Trinajstić information content (AvgIpc) is 2.04. The second-order valence-electron chi connectivity index (χ2n) is 2.25. The third-order valence-electron chi connectivity index (χ3n) is 1.45. The number of aromatic nitrogens is 2. The zero-order valence-corrected chi connectivity index (χ0v) is 5.94. The summed E-state index contributed by atoms with van der Waals surface area (Å²) in [5, 5.41) is 3.34. The van der Waals surface area contributed by atoms with Crippen molar-refractivity contribution in [1.82, 2.24) is 15.3 Å². The van der Waals surface area contributed by atoms with E-state index in [-0.39, 0.29) is 5.69 Å². The molecule has 6 nitrogen and oxygen atoms in total. The molecule has 0 atom stereocenters. The Kier molecular flexibility index (Phi) is 1.34. The molecule has 0 fully saturated rings. The number of urea groups is 1. The molecular weight excluding hydrogens is 160 g/mol. The first kappa shape index (κ1) is 6.86. The van der Waals surface area contributed by atoms with E-state index in [1.54, 1.807) is 0 Å². The minimum absolute atomic E-state index is 0.192. The Hall–Kier alpha value is -1.82. The van der Waals surface area contributed by atoms with E-state index in [4.69, 9.17) is 0 Å². The summed E-state index contributed by atoms with van der Waals surface area (Å²) in [5.41, 5.74) is 0.192. The van der Waals surface area contributed by atoms with Crippen LogP contribution in [0.4, 0.5) is 10.6 Å². The van der Waals surface area contributed by atoms with Gasteiger partial charge in [-0.3, -0.25) is 4.79 Å². The van der Waals surface area contributed by atoms with Crippen molar-refractivity contribution in [3.8, 4) is 0 Å². The molecule has 3 N–H and O–H groups in total. The van der Waals surface area contributed by atoms with Gasteiger partial charge in [0.15, 0.2) is 0 Å². The lowest BCUT2D eigenvalue weighted by atomic mass is 10.3. The zero-order valence-electron chi connectivity index (χ0n) is 5.94. The second-order valence-corrected chi connectivity index (χ2v) is 2.25. The Labute approximate surface area is 67.0 Å². The zero-order chi connectivity index (χ0) is 8.55. The van der Waals surface area contributed by atoms with E-state index >= 15 is 0 Å². The molecule has 2 heterocycles. The first-order chi connectivity index (χ1) is 5.77. The normalized spacial score (nSPS) is 15.3. The number of rotatable bonds is 0. The summed E-state index contributed by atoms with van der Waals surface area (Å²) in [4.78, 5) is 29.4. The van der Waals surface area contributed by atoms with Crippen LogP contribution in [0.1, 0.15) is 10.5 Å². The van der Waals surface area contributed by atoms with Crippen molar-refractivity contribution < 1.29 is 14.9 Å². The number of hydrogen-bond donors (Lipinski definition) is 2. The van der Waals surface area contributed by atoms with Gasteiger partial charge in [0.05, 0.1) is 6.20 Å². The molecule has 6 heteroatoms. The summed E-state index contributed by atoms with van der Waals surface area (Å²) in [6.45, 7) is 0. The summed E-state index contributed by atoms with van der Waals surface area (Å²) in [5.74, 6) is -0.170. The van der Waals surface area contributed by atoms with Crippen molar-refractivity contribution in [2.45, 2.75) is 0 Å². The molecule has 0 unspecified atom stereocenters. The highest BCUT2D eigenvalue weighted by molar-refractivity contribution is 6.05. The third-order valence-corrected chi connectivity index (χ3v) is 1.45. The number of carbonyl (C=O) groups excluding carboxylic acids is 2. The fourth-order valence-electron chi connectivity index (χ4n) is 0.961. The molecule has 60 valence electrons. The Morgan fingerprint density at radius 1 is 1.25 bits per heavy atom. The number of primary amides is 1. The van der Waals surface area contributed by atoms with Gasteiger partial charge in [-0.05, 0) is 0 Å². The highest BCUT2D eigenvalue weighted by atomic mass is 16.2. The van der Waals surface area contributed by atoms with Crippen molar-refractivity contribution in [1.29, 1.82) is 0 Å². The van der Waals surface area contributed by atoms with Crippen LogP contribution in [0.2, 0.25) is 0 Å². The number of carbonyl (C=O) groups is 2. The van der Waals surface area contributed by atoms with Gasteiger partial charge in [0, 0.05) is 6.20 Å². The van der Waals surface area contributed by atoms with Crippen molar-refractivity contribution >= 4 is 17.8 Å². The summed E-state index contributed by atoms with van der Waals surface area (Å²) in [6, 6.07) is -0.451. The topological polar surface area (TPSA) is 88.6 Å². The number of nitrogens with zero attached hydrogens (tertiary/aromatic N) is 2. The molecule has 0 saturated heterocycles. The molecular formula is C6H5N4O2+. The van der Waals surface area contributed by atoms with Crippen LogP contribution in [-0.4, -0.2) is 21.9 Å². The van der Waals surface area contributed by atoms with Gasteiger partial charge >= 0.3 is 6.03 Å². The molecule has 1 aliphatic rings. The maximum absolute atomic E-state index is 11.0. The van der Waals surface area contributed by atoms with Crippen molar-refractivity contribution in [3.05, 3.63) is 18.1 Å². The summed E-state index contributed by atoms with van der Waals surface area (Å²) < 4.78 is 0. The van der Waals surface area contributed by atoms with Gasteiger partial charge in [0.1, 0.15) is 0 Å². The number of nitrogens with two attached hydrogens (primary N) is 1. The molecule has 3 amide bonds. The van der Waals surface area contributed by atoms with Gasteiger partial charge in [0.2, 0.25) is 5.69 Å². The minimum atomic E-state index is -0.495. The van der Waals surface area contributed by atoms with E-state index in [2.05, 4.69) is 15.3 Å². The van der Waals surface area contributed by atoms with Crippen LogP contribution >= 0.6 is 0 Å². The summed E-state index contributed by atoms with van der Waals surface area (Å²) >= 11 is 0. The molecule has 0 spiro atoms. The Balaban J connectivity index is 2.54. The fraction of sp³-hybridized carbons (Fsp3) is 0. The number of imide groups is 1. The summed E-state index contributed by atoms with van der Waals surface area (Å²) in [7, 11) is 0. The standard InChI is InChI=1S/C6H4N4O2/c11-5-3-4(8-2-1-7-3)9-6(12)10-5/h1-2H,(H2,8,9,10,11,12)/p+1. The quantitative estimate of drug-likeness (QED) is 0.491. The SMILES string of the molecule is O=C1NC(=O)c2nccnc2[NH2+]1. The second kappa shape index (κ2) is 2.35. The average molecular weight is 165 g/mol. The van der Waals surface area contributed by atoms with E-state index < -0.39 is 11.9 Å². The van der Waals surface area contributed by atoms with Crippen molar-refractivity contribution in [2.24, 2.45) is 0 Å². The molecule has 1 aromatic rings. The van der Waals surface area contributed by atoms with E-state index in [0.29, 0.717) is 5.82 Å². The largest absolute Gasteiger partial charge is 0.426 e. The molecule has 0 radical (unpaired) electrons.